The zero-order valence-corrected chi connectivity index (χ0v) is 27.2. The van der Waals surface area contributed by atoms with Gasteiger partial charge >= 0.3 is 5.97 Å². The lowest BCUT2D eigenvalue weighted by atomic mass is 9.33. The molecule has 1 N–H and O–H groups in total. The Hall–Kier alpha value is -1.90. The SMILES string of the molecule is CC(C)(C)OC(=O)c1ccc(C2=CC[C@@]3(C)C(CC[C@]4(C)C3CC[C@@H]3C5CCC[C@]5(C=N)CC[C@]34C)C2(C)C)cc1. The van der Waals surface area contributed by atoms with E-state index in [1.807, 2.05) is 39.1 Å². The molecule has 4 saturated carbocycles. The van der Waals surface area contributed by atoms with Gasteiger partial charge in [0, 0.05) is 11.6 Å². The average Bonchev–Trinajstić information content (AvgIpc) is 3.33. The maximum Gasteiger partial charge on any atom is 0.338 e. The quantitative estimate of drug-likeness (QED) is 0.297. The Bertz CT molecular complexity index is 1250. The highest BCUT2D eigenvalue weighted by Gasteiger charge is 2.69. The predicted octanol–water partition coefficient (Wildman–Crippen LogP) is 10.1. The van der Waals surface area contributed by atoms with E-state index in [4.69, 9.17) is 10.1 Å². The molecule has 0 radical (unpaired) electrons. The minimum Gasteiger partial charge on any atom is -0.456 e. The van der Waals surface area contributed by atoms with E-state index in [9.17, 15) is 4.79 Å². The third-order valence-corrected chi connectivity index (χ3v) is 14.1. The summed E-state index contributed by atoms with van der Waals surface area (Å²) in [7, 11) is 0. The first-order valence-electron chi connectivity index (χ1n) is 16.7. The topological polar surface area (TPSA) is 50.2 Å². The van der Waals surface area contributed by atoms with Crippen molar-refractivity contribution >= 4 is 17.8 Å². The van der Waals surface area contributed by atoms with E-state index < -0.39 is 5.60 Å². The molecule has 0 aromatic heterocycles. The highest BCUT2D eigenvalue weighted by Crippen LogP contribution is 2.76. The van der Waals surface area contributed by atoms with Gasteiger partial charge in [-0.25, -0.2) is 4.79 Å². The Morgan fingerprint density at radius 3 is 2.22 bits per heavy atom. The van der Waals surface area contributed by atoms with Gasteiger partial charge in [-0.05, 0) is 147 Å². The highest BCUT2D eigenvalue weighted by atomic mass is 16.6. The van der Waals surface area contributed by atoms with E-state index in [0.717, 1.165) is 24.2 Å². The zero-order chi connectivity index (χ0) is 29.6. The molecule has 0 amide bonds. The largest absolute Gasteiger partial charge is 0.456 e. The highest BCUT2D eigenvalue weighted by molar-refractivity contribution is 5.90. The second-order valence-electron chi connectivity index (χ2n) is 17.2. The molecule has 3 nitrogen and oxygen atoms in total. The molecule has 3 heteroatoms. The van der Waals surface area contributed by atoms with Crippen LogP contribution in [0.25, 0.3) is 5.57 Å². The van der Waals surface area contributed by atoms with Gasteiger partial charge in [0.25, 0.3) is 0 Å². The monoisotopic (exact) mass is 557 g/mol. The van der Waals surface area contributed by atoms with Crippen molar-refractivity contribution < 1.29 is 9.53 Å². The number of fused-ring (bicyclic) bond motifs is 7. The Morgan fingerprint density at radius 1 is 0.854 bits per heavy atom. The Balaban J connectivity index is 1.29. The number of carbonyl (C=O) groups excluding carboxylic acids is 1. The van der Waals surface area contributed by atoms with Crippen molar-refractivity contribution in [3.05, 3.63) is 41.5 Å². The molecular weight excluding hydrogens is 502 g/mol. The van der Waals surface area contributed by atoms with Gasteiger partial charge in [0.05, 0.1) is 5.56 Å². The number of hydrogen-bond donors (Lipinski definition) is 1. The maximum atomic E-state index is 12.6. The van der Waals surface area contributed by atoms with E-state index in [-0.39, 0.29) is 16.8 Å². The molecule has 5 aliphatic rings. The van der Waals surface area contributed by atoms with Gasteiger partial charge in [0.2, 0.25) is 0 Å². The van der Waals surface area contributed by atoms with Crippen LogP contribution >= 0.6 is 0 Å². The summed E-state index contributed by atoms with van der Waals surface area (Å²) in [5, 5.41) is 8.41. The van der Waals surface area contributed by atoms with Crippen LogP contribution in [0.5, 0.6) is 0 Å². The summed E-state index contributed by atoms with van der Waals surface area (Å²) >= 11 is 0. The lowest BCUT2D eigenvalue weighted by molar-refractivity contribution is -0.216. The summed E-state index contributed by atoms with van der Waals surface area (Å²) in [6, 6.07) is 8.20. The van der Waals surface area contributed by atoms with Gasteiger partial charge in [-0.3, -0.25) is 0 Å². The molecule has 0 spiro atoms. The second kappa shape index (κ2) is 9.30. The first kappa shape index (κ1) is 29.2. The number of esters is 1. The van der Waals surface area contributed by atoms with Gasteiger partial charge in [-0.1, -0.05) is 59.2 Å². The van der Waals surface area contributed by atoms with Gasteiger partial charge in [-0.2, -0.15) is 0 Å². The summed E-state index contributed by atoms with van der Waals surface area (Å²) < 4.78 is 5.61. The van der Waals surface area contributed by atoms with Gasteiger partial charge in [-0.15, -0.1) is 0 Å². The standard InChI is InChI=1S/C38H55NO2/c1-33(2,3)41-32(40)26-13-11-25(12-14-26)27-17-20-35(6)30(34(27,4)5)18-21-37(8)31(35)16-15-28-29-10-9-19-38(29,24-39)23-22-36(28,37)7/h11-14,17,24,28-31,39H,9-10,15-16,18-23H2,1-8H3/t28-,29?,30?,31?,35+,36-,37-,38-/m1/s1. The summed E-state index contributed by atoms with van der Waals surface area (Å²) in [4.78, 5) is 12.6. The number of rotatable bonds is 3. The molecule has 0 aliphatic heterocycles. The van der Waals surface area contributed by atoms with E-state index in [1.54, 1.807) is 0 Å². The molecular formula is C38H55NO2. The van der Waals surface area contributed by atoms with Crippen LogP contribution in [-0.4, -0.2) is 17.8 Å². The second-order valence-corrected chi connectivity index (χ2v) is 17.2. The maximum absolute atomic E-state index is 12.6. The van der Waals surface area contributed by atoms with Crippen molar-refractivity contribution in [1.82, 2.24) is 0 Å². The minimum atomic E-state index is -0.488. The minimum absolute atomic E-state index is 0.0763. The van der Waals surface area contributed by atoms with Gasteiger partial charge < -0.3 is 10.1 Å². The number of hydrogen-bond acceptors (Lipinski definition) is 3. The van der Waals surface area contributed by atoms with Crippen LogP contribution < -0.4 is 0 Å². The number of nitrogens with one attached hydrogen (secondary N) is 1. The van der Waals surface area contributed by atoms with E-state index >= 15 is 0 Å². The first-order chi connectivity index (χ1) is 19.1. The van der Waals surface area contributed by atoms with Crippen molar-refractivity contribution in [2.24, 2.45) is 50.7 Å². The number of allylic oxidation sites excluding steroid dienone is 2. The van der Waals surface area contributed by atoms with Crippen molar-refractivity contribution in [3.8, 4) is 0 Å². The number of ether oxygens (including phenoxy) is 1. The molecule has 5 aliphatic carbocycles. The smallest absolute Gasteiger partial charge is 0.338 e. The van der Waals surface area contributed by atoms with Crippen molar-refractivity contribution in [2.75, 3.05) is 0 Å². The van der Waals surface area contributed by atoms with Crippen LogP contribution in [0.4, 0.5) is 0 Å². The lowest BCUT2D eigenvalue weighted by Crippen LogP contribution is -2.65. The third kappa shape index (κ3) is 4.10. The molecule has 3 unspecified atom stereocenters. The van der Waals surface area contributed by atoms with Crippen LogP contribution in [0, 0.1) is 56.2 Å². The van der Waals surface area contributed by atoms with Crippen molar-refractivity contribution in [2.45, 2.75) is 125 Å². The zero-order valence-electron chi connectivity index (χ0n) is 27.2. The van der Waals surface area contributed by atoms with Crippen LogP contribution in [0.2, 0.25) is 0 Å². The summed E-state index contributed by atoms with van der Waals surface area (Å²) in [6.45, 7) is 18.8. The molecule has 0 heterocycles. The predicted molar refractivity (Wildman–Crippen MR) is 169 cm³/mol. The Morgan fingerprint density at radius 2 is 1.56 bits per heavy atom. The molecule has 6 rings (SSSR count). The number of carbonyl (C=O) groups is 1. The van der Waals surface area contributed by atoms with Crippen LogP contribution in [-0.2, 0) is 4.74 Å². The molecule has 1 aromatic rings. The molecule has 224 valence electrons. The summed E-state index contributed by atoms with van der Waals surface area (Å²) in [5.41, 5.74) is 4.19. The molecule has 41 heavy (non-hydrogen) atoms. The molecule has 0 bridgehead atoms. The molecule has 1 aromatic carbocycles. The number of benzene rings is 1. The fraction of sp³-hybridized carbons (Fsp3) is 0.737. The Labute approximate surface area is 249 Å². The fourth-order valence-corrected chi connectivity index (χ4v) is 12.1. The third-order valence-electron chi connectivity index (χ3n) is 14.1. The van der Waals surface area contributed by atoms with E-state index in [1.165, 1.54) is 68.9 Å². The molecule has 4 fully saturated rings. The summed E-state index contributed by atoms with van der Waals surface area (Å²) in [6.07, 6.45) is 17.5. The average molecular weight is 558 g/mol. The van der Waals surface area contributed by atoms with E-state index in [0.29, 0.717) is 27.7 Å². The fourth-order valence-electron chi connectivity index (χ4n) is 12.1. The summed E-state index contributed by atoms with van der Waals surface area (Å²) in [5.74, 6) is 2.67. The van der Waals surface area contributed by atoms with Crippen molar-refractivity contribution in [1.29, 1.82) is 5.41 Å². The van der Waals surface area contributed by atoms with Crippen LogP contribution in [0.1, 0.15) is 136 Å². The van der Waals surface area contributed by atoms with Crippen LogP contribution in [0.15, 0.2) is 30.3 Å². The van der Waals surface area contributed by atoms with Gasteiger partial charge in [0.1, 0.15) is 5.60 Å². The molecule has 8 atom stereocenters. The lowest BCUT2D eigenvalue weighted by Gasteiger charge is -2.72. The Kier molecular flexibility index (Phi) is 6.62. The van der Waals surface area contributed by atoms with Gasteiger partial charge in [0.15, 0.2) is 0 Å². The van der Waals surface area contributed by atoms with Crippen LogP contribution in [0.3, 0.4) is 0 Å². The van der Waals surface area contributed by atoms with Crippen molar-refractivity contribution in [3.63, 3.8) is 0 Å². The molecule has 0 saturated heterocycles. The first-order valence-corrected chi connectivity index (χ1v) is 16.7. The normalized spacial score (nSPS) is 43.1. The van der Waals surface area contributed by atoms with E-state index in [2.05, 4.69) is 52.8 Å².